The zero-order valence-electron chi connectivity index (χ0n) is 13.0. The molecule has 0 bridgehead atoms. The minimum Gasteiger partial charge on any atom is -0.326 e. The highest BCUT2D eigenvalue weighted by Gasteiger charge is 2.10. The fourth-order valence-electron chi connectivity index (χ4n) is 2.58. The van der Waals surface area contributed by atoms with Crippen LogP contribution in [0.25, 0.3) is 10.8 Å². The first-order valence-electron chi connectivity index (χ1n) is 7.38. The molecule has 1 heterocycles. The maximum absolute atomic E-state index is 12.3. The summed E-state index contributed by atoms with van der Waals surface area (Å²) in [7, 11) is 0. The van der Waals surface area contributed by atoms with E-state index in [2.05, 4.69) is 10.3 Å². The molecule has 4 nitrogen and oxygen atoms in total. The lowest BCUT2D eigenvalue weighted by Gasteiger charge is -2.11. The molecule has 122 valence electrons. The van der Waals surface area contributed by atoms with E-state index in [4.69, 9.17) is 16.7 Å². The van der Waals surface area contributed by atoms with E-state index in [0.29, 0.717) is 10.7 Å². The van der Waals surface area contributed by atoms with Crippen molar-refractivity contribution in [3.8, 4) is 0 Å². The third kappa shape index (κ3) is 3.53. The van der Waals surface area contributed by atoms with E-state index in [1.165, 1.54) is 0 Å². The van der Waals surface area contributed by atoms with Crippen molar-refractivity contribution >= 4 is 45.9 Å². The van der Waals surface area contributed by atoms with Crippen LogP contribution in [0.3, 0.4) is 0 Å². The number of hydrogen-bond acceptors (Lipinski definition) is 4. The first kappa shape index (κ1) is 16.8. The minimum atomic E-state index is -0.128. The van der Waals surface area contributed by atoms with Gasteiger partial charge in [-0.3, -0.25) is 14.9 Å². The van der Waals surface area contributed by atoms with E-state index < -0.39 is 0 Å². The number of hydrogen-bond donors (Lipinski definition) is 2. The van der Waals surface area contributed by atoms with E-state index in [0.717, 1.165) is 38.9 Å². The molecule has 0 fully saturated rings. The zero-order chi connectivity index (χ0) is 17.1. The molecule has 1 amide bonds. The molecule has 24 heavy (non-hydrogen) atoms. The summed E-state index contributed by atoms with van der Waals surface area (Å²) in [5.74, 6) is -0.128. The summed E-state index contributed by atoms with van der Waals surface area (Å²) in [5, 5.41) is 11.3. The third-order valence-corrected chi connectivity index (χ3v) is 4.72. The molecule has 0 atom stereocenters. The zero-order valence-corrected chi connectivity index (χ0v) is 14.6. The molecule has 0 radical (unpaired) electrons. The van der Waals surface area contributed by atoms with Gasteiger partial charge in [0.15, 0.2) is 0 Å². The average molecular weight is 358 g/mol. The number of carbonyl (C=O) groups is 1. The summed E-state index contributed by atoms with van der Waals surface area (Å²) in [6, 6.07) is 13.0. The lowest BCUT2D eigenvalue weighted by Crippen LogP contribution is -2.14. The standard InChI is InChI=1S/C18H16ClN3OS/c1-11-15-9-13(10-17(24-20)14(15)6-7-21-11)22-18(23)8-12-4-2-3-5-16(12)19/h2-7,9-10H,8,20H2,1H3,(H,22,23). The summed E-state index contributed by atoms with van der Waals surface area (Å²) in [4.78, 5) is 17.5. The number of fused-ring (bicyclic) bond motifs is 1. The number of pyridine rings is 1. The lowest BCUT2D eigenvalue weighted by molar-refractivity contribution is -0.115. The van der Waals surface area contributed by atoms with Crippen LogP contribution in [-0.4, -0.2) is 10.9 Å². The largest absolute Gasteiger partial charge is 0.326 e. The third-order valence-electron chi connectivity index (χ3n) is 3.76. The minimum absolute atomic E-state index is 0.128. The molecule has 0 saturated heterocycles. The average Bonchev–Trinajstić information content (AvgIpc) is 2.57. The number of amides is 1. The second kappa shape index (κ2) is 7.21. The number of nitrogens with zero attached hydrogens (tertiary/aromatic N) is 1. The predicted molar refractivity (Wildman–Crippen MR) is 100 cm³/mol. The highest BCUT2D eigenvalue weighted by molar-refractivity contribution is 7.97. The summed E-state index contributed by atoms with van der Waals surface area (Å²) in [5.41, 5.74) is 2.39. The van der Waals surface area contributed by atoms with Gasteiger partial charge in [0.1, 0.15) is 0 Å². The monoisotopic (exact) mass is 357 g/mol. The van der Waals surface area contributed by atoms with Crippen LogP contribution in [-0.2, 0) is 11.2 Å². The summed E-state index contributed by atoms with van der Waals surface area (Å²) >= 11 is 7.26. The second-order valence-corrected chi connectivity index (χ2v) is 6.48. The lowest BCUT2D eigenvalue weighted by atomic mass is 10.1. The van der Waals surface area contributed by atoms with Crippen molar-refractivity contribution in [2.45, 2.75) is 18.2 Å². The first-order valence-corrected chi connectivity index (χ1v) is 8.63. The number of aryl methyl sites for hydroxylation is 1. The molecule has 6 heteroatoms. The van der Waals surface area contributed by atoms with Gasteiger partial charge in [-0.25, -0.2) is 0 Å². The Hall–Kier alpha value is -2.08. The van der Waals surface area contributed by atoms with E-state index in [9.17, 15) is 4.79 Å². The summed E-state index contributed by atoms with van der Waals surface area (Å²) in [6.07, 6.45) is 1.97. The molecule has 0 aliphatic carbocycles. The van der Waals surface area contributed by atoms with E-state index >= 15 is 0 Å². The molecule has 0 unspecified atom stereocenters. The topological polar surface area (TPSA) is 68.0 Å². The van der Waals surface area contributed by atoms with Crippen LogP contribution < -0.4 is 10.5 Å². The number of carbonyl (C=O) groups excluding carboxylic acids is 1. The van der Waals surface area contributed by atoms with Gasteiger partial charge in [-0.2, -0.15) is 0 Å². The van der Waals surface area contributed by atoms with Crippen molar-refractivity contribution < 1.29 is 4.79 Å². The van der Waals surface area contributed by atoms with E-state index in [1.807, 2.05) is 43.3 Å². The van der Waals surface area contributed by atoms with E-state index in [1.54, 1.807) is 12.3 Å². The molecular formula is C18H16ClN3OS. The van der Waals surface area contributed by atoms with Crippen molar-refractivity contribution in [2.75, 3.05) is 5.32 Å². The number of nitrogens with two attached hydrogens (primary N) is 1. The van der Waals surface area contributed by atoms with Crippen LogP contribution in [0.5, 0.6) is 0 Å². The molecule has 3 rings (SSSR count). The Morgan fingerprint density at radius 2 is 2.04 bits per heavy atom. The number of aromatic nitrogens is 1. The van der Waals surface area contributed by atoms with Crippen LogP contribution in [0.1, 0.15) is 11.3 Å². The van der Waals surface area contributed by atoms with E-state index in [-0.39, 0.29) is 12.3 Å². The Kier molecular flexibility index (Phi) is 5.04. The van der Waals surface area contributed by atoms with Crippen LogP contribution in [0.4, 0.5) is 5.69 Å². The van der Waals surface area contributed by atoms with Gasteiger partial charge in [-0.1, -0.05) is 29.8 Å². The van der Waals surface area contributed by atoms with Gasteiger partial charge in [0, 0.05) is 38.3 Å². The molecule has 0 saturated carbocycles. The van der Waals surface area contributed by atoms with Gasteiger partial charge in [0.2, 0.25) is 5.91 Å². The number of rotatable bonds is 4. The smallest absolute Gasteiger partial charge is 0.228 e. The molecule has 0 aliphatic heterocycles. The first-order chi connectivity index (χ1) is 11.6. The molecule has 0 aliphatic rings. The second-order valence-electron chi connectivity index (χ2n) is 5.40. The Morgan fingerprint density at radius 1 is 1.25 bits per heavy atom. The Morgan fingerprint density at radius 3 is 2.79 bits per heavy atom. The van der Waals surface area contributed by atoms with Crippen molar-refractivity contribution in [3.63, 3.8) is 0 Å². The van der Waals surface area contributed by atoms with Gasteiger partial charge >= 0.3 is 0 Å². The van der Waals surface area contributed by atoms with Crippen molar-refractivity contribution in [1.82, 2.24) is 4.98 Å². The quantitative estimate of drug-likeness (QED) is 0.681. The summed E-state index contributed by atoms with van der Waals surface area (Å²) < 4.78 is 0. The van der Waals surface area contributed by atoms with Gasteiger partial charge in [0.25, 0.3) is 0 Å². The molecule has 1 aromatic heterocycles. The number of anilines is 1. The highest BCUT2D eigenvalue weighted by Crippen LogP contribution is 2.30. The highest BCUT2D eigenvalue weighted by atomic mass is 35.5. The molecule has 3 N–H and O–H groups in total. The predicted octanol–water partition coefficient (Wildman–Crippen LogP) is 4.34. The molecule has 2 aromatic carbocycles. The number of nitrogens with one attached hydrogen (secondary N) is 1. The maximum atomic E-state index is 12.3. The van der Waals surface area contributed by atoms with Crippen LogP contribution >= 0.6 is 23.5 Å². The number of benzene rings is 2. The fraction of sp³-hybridized carbons (Fsp3) is 0.111. The van der Waals surface area contributed by atoms with Crippen LogP contribution in [0.2, 0.25) is 5.02 Å². The van der Waals surface area contributed by atoms with Gasteiger partial charge in [-0.15, -0.1) is 0 Å². The molecule has 3 aromatic rings. The SMILES string of the molecule is Cc1nccc2c(SN)cc(NC(=O)Cc3ccccc3Cl)cc12. The molecule has 0 spiro atoms. The Bertz CT molecular complexity index is 914. The summed E-state index contributed by atoms with van der Waals surface area (Å²) in [6.45, 7) is 1.93. The van der Waals surface area contributed by atoms with Crippen LogP contribution in [0, 0.1) is 6.92 Å². The fourth-order valence-corrected chi connectivity index (χ4v) is 3.28. The number of halogens is 1. The maximum Gasteiger partial charge on any atom is 0.228 e. The van der Waals surface area contributed by atoms with Crippen molar-refractivity contribution in [3.05, 3.63) is 64.9 Å². The Balaban J connectivity index is 1.88. The van der Waals surface area contributed by atoms with Crippen molar-refractivity contribution in [1.29, 1.82) is 0 Å². The molecular weight excluding hydrogens is 342 g/mol. The van der Waals surface area contributed by atoms with Crippen LogP contribution in [0.15, 0.2) is 53.6 Å². The normalized spacial score (nSPS) is 10.8. The van der Waals surface area contributed by atoms with Crippen molar-refractivity contribution in [2.24, 2.45) is 5.14 Å². The van der Waals surface area contributed by atoms with Gasteiger partial charge < -0.3 is 5.32 Å². The van der Waals surface area contributed by atoms with Gasteiger partial charge in [-0.05, 0) is 48.7 Å². The Labute approximate surface area is 149 Å². The van der Waals surface area contributed by atoms with Gasteiger partial charge in [0.05, 0.1) is 6.42 Å².